The summed E-state index contributed by atoms with van der Waals surface area (Å²) in [5.41, 5.74) is 0.736. The number of anilines is 1. The Balaban J connectivity index is 2.31. The largest absolute Gasteiger partial charge is 0.294 e. The standard InChI is InChI=1S/C14H13BrN2O3S/c1-2-13(18)10-4-3-5-12(8-10)21(19,20)17-11-6-7-14(15)16-9-11/h3-9,17H,2H2,1H3. The Morgan fingerprint density at radius 3 is 2.67 bits per heavy atom. The summed E-state index contributed by atoms with van der Waals surface area (Å²) >= 11 is 3.18. The Bertz CT molecular complexity index is 758. The molecule has 0 amide bonds. The summed E-state index contributed by atoms with van der Waals surface area (Å²) in [6.45, 7) is 1.73. The molecule has 2 aromatic rings. The molecular weight excluding hydrogens is 356 g/mol. The van der Waals surface area contributed by atoms with Crippen LogP contribution in [0.1, 0.15) is 23.7 Å². The summed E-state index contributed by atoms with van der Waals surface area (Å²) < 4.78 is 27.6. The molecular formula is C14H13BrN2O3S. The molecule has 0 aliphatic rings. The van der Waals surface area contributed by atoms with Crippen LogP contribution in [0.2, 0.25) is 0 Å². The Morgan fingerprint density at radius 2 is 2.05 bits per heavy atom. The minimum absolute atomic E-state index is 0.0460. The van der Waals surface area contributed by atoms with Crippen LogP contribution in [0, 0.1) is 0 Å². The number of carbonyl (C=O) groups is 1. The van der Waals surface area contributed by atoms with Crippen molar-refractivity contribution in [1.82, 2.24) is 4.98 Å². The summed E-state index contributed by atoms with van der Waals surface area (Å²) in [7, 11) is -3.75. The van der Waals surface area contributed by atoms with Crippen LogP contribution in [-0.2, 0) is 10.0 Å². The van der Waals surface area contributed by atoms with E-state index in [0.29, 0.717) is 22.3 Å². The van der Waals surface area contributed by atoms with Crippen molar-refractivity contribution >= 4 is 37.4 Å². The van der Waals surface area contributed by atoms with Gasteiger partial charge < -0.3 is 0 Å². The zero-order valence-electron chi connectivity index (χ0n) is 11.2. The highest BCUT2D eigenvalue weighted by Gasteiger charge is 2.16. The topological polar surface area (TPSA) is 76.1 Å². The van der Waals surface area contributed by atoms with Crippen LogP contribution in [-0.4, -0.2) is 19.2 Å². The molecule has 5 nitrogen and oxygen atoms in total. The third-order valence-electron chi connectivity index (χ3n) is 2.77. The van der Waals surface area contributed by atoms with Gasteiger partial charge in [0.05, 0.1) is 16.8 Å². The van der Waals surface area contributed by atoms with Gasteiger partial charge in [0.2, 0.25) is 0 Å². The fraction of sp³-hybridized carbons (Fsp3) is 0.143. The van der Waals surface area contributed by atoms with Crippen molar-refractivity contribution in [3.05, 3.63) is 52.8 Å². The molecule has 0 aliphatic carbocycles. The first kappa shape index (κ1) is 15.7. The van der Waals surface area contributed by atoms with E-state index in [0.717, 1.165) is 0 Å². The fourth-order valence-electron chi connectivity index (χ4n) is 1.69. The van der Waals surface area contributed by atoms with E-state index in [2.05, 4.69) is 25.6 Å². The average molecular weight is 369 g/mol. The van der Waals surface area contributed by atoms with Crippen LogP contribution in [0.25, 0.3) is 0 Å². The van der Waals surface area contributed by atoms with E-state index in [1.54, 1.807) is 31.2 Å². The Labute approximate surface area is 131 Å². The molecule has 1 heterocycles. The zero-order valence-corrected chi connectivity index (χ0v) is 13.6. The van der Waals surface area contributed by atoms with Crippen molar-refractivity contribution in [2.24, 2.45) is 0 Å². The molecule has 2 rings (SSSR count). The van der Waals surface area contributed by atoms with E-state index in [-0.39, 0.29) is 10.7 Å². The number of halogens is 1. The Kier molecular flexibility index (Phi) is 4.74. The molecule has 0 atom stereocenters. The molecule has 0 bridgehead atoms. The van der Waals surface area contributed by atoms with E-state index < -0.39 is 10.0 Å². The molecule has 0 saturated carbocycles. The second-order valence-corrected chi connectivity index (χ2v) is 6.77. The first-order valence-electron chi connectivity index (χ1n) is 6.20. The van der Waals surface area contributed by atoms with E-state index in [9.17, 15) is 13.2 Å². The molecule has 21 heavy (non-hydrogen) atoms. The smallest absolute Gasteiger partial charge is 0.261 e. The number of nitrogens with zero attached hydrogens (tertiary/aromatic N) is 1. The summed E-state index contributed by atoms with van der Waals surface area (Å²) in [6.07, 6.45) is 1.73. The minimum atomic E-state index is -3.75. The van der Waals surface area contributed by atoms with Gasteiger partial charge in [-0.1, -0.05) is 19.1 Å². The van der Waals surface area contributed by atoms with Crippen molar-refractivity contribution in [2.45, 2.75) is 18.2 Å². The van der Waals surface area contributed by atoms with E-state index in [4.69, 9.17) is 0 Å². The molecule has 0 aliphatic heterocycles. The maximum Gasteiger partial charge on any atom is 0.261 e. The van der Waals surface area contributed by atoms with Crippen LogP contribution in [0.5, 0.6) is 0 Å². The van der Waals surface area contributed by atoms with Gasteiger partial charge in [0.15, 0.2) is 5.78 Å². The van der Waals surface area contributed by atoms with Crippen molar-refractivity contribution < 1.29 is 13.2 Å². The van der Waals surface area contributed by atoms with Gasteiger partial charge in [0.25, 0.3) is 10.0 Å². The van der Waals surface area contributed by atoms with Gasteiger partial charge in [-0.05, 0) is 40.2 Å². The molecule has 1 N–H and O–H groups in total. The second kappa shape index (κ2) is 6.36. The van der Waals surface area contributed by atoms with Crippen LogP contribution >= 0.6 is 15.9 Å². The maximum absolute atomic E-state index is 12.3. The second-order valence-electron chi connectivity index (χ2n) is 4.28. The fourth-order valence-corrected chi connectivity index (χ4v) is 3.01. The number of hydrogen-bond donors (Lipinski definition) is 1. The van der Waals surface area contributed by atoms with Gasteiger partial charge in [0.1, 0.15) is 4.60 Å². The SMILES string of the molecule is CCC(=O)c1cccc(S(=O)(=O)Nc2ccc(Br)nc2)c1. The van der Waals surface area contributed by atoms with Crippen LogP contribution in [0.4, 0.5) is 5.69 Å². The number of hydrogen-bond acceptors (Lipinski definition) is 4. The third-order valence-corrected chi connectivity index (χ3v) is 4.62. The molecule has 1 aromatic carbocycles. The summed E-state index contributed by atoms with van der Waals surface area (Å²) in [4.78, 5) is 15.7. The first-order chi connectivity index (χ1) is 9.92. The normalized spacial score (nSPS) is 11.1. The highest BCUT2D eigenvalue weighted by Crippen LogP contribution is 2.18. The lowest BCUT2D eigenvalue weighted by Crippen LogP contribution is -2.13. The van der Waals surface area contributed by atoms with Crippen molar-refractivity contribution in [2.75, 3.05) is 4.72 Å². The molecule has 0 radical (unpaired) electrons. The Morgan fingerprint density at radius 1 is 1.29 bits per heavy atom. The van der Waals surface area contributed by atoms with Crippen LogP contribution in [0.3, 0.4) is 0 Å². The van der Waals surface area contributed by atoms with Gasteiger partial charge >= 0.3 is 0 Å². The molecule has 7 heteroatoms. The summed E-state index contributed by atoms with van der Waals surface area (Å²) in [6, 6.07) is 9.20. The summed E-state index contributed by atoms with van der Waals surface area (Å²) in [5, 5.41) is 0. The number of rotatable bonds is 5. The predicted octanol–water partition coefficient (Wildman–Crippen LogP) is 3.24. The highest BCUT2D eigenvalue weighted by molar-refractivity contribution is 9.10. The third kappa shape index (κ3) is 3.89. The number of pyridine rings is 1. The summed E-state index contributed by atoms with van der Waals surface area (Å²) in [5.74, 6) is -0.0997. The molecule has 1 aromatic heterocycles. The number of Topliss-reactive ketones (excluding diaryl/α,β-unsaturated/α-hetero) is 1. The first-order valence-corrected chi connectivity index (χ1v) is 8.47. The van der Waals surface area contributed by atoms with Gasteiger partial charge in [0, 0.05) is 12.0 Å². The van der Waals surface area contributed by atoms with Crippen LogP contribution < -0.4 is 4.72 Å². The van der Waals surface area contributed by atoms with E-state index in [1.807, 2.05) is 0 Å². The molecule has 110 valence electrons. The lowest BCUT2D eigenvalue weighted by molar-refractivity contribution is 0.0988. The molecule has 0 fully saturated rings. The number of ketones is 1. The van der Waals surface area contributed by atoms with Crippen molar-refractivity contribution in [3.8, 4) is 0 Å². The Hall–Kier alpha value is -1.73. The molecule has 0 unspecified atom stereocenters. The average Bonchev–Trinajstić information content (AvgIpc) is 2.49. The maximum atomic E-state index is 12.3. The number of nitrogens with one attached hydrogen (secondary N) is 1. The molecule has 0 saturated heterocycles. The van der Waals surface area contributed by atoms with Crippen LogP contribution in [0.15, 0.2) is 52.1 Å². The molecule has 0 spiro atoms. The highest BCUT2D eigenvalue weighted by atomic mass is 79.9. The predicted molar refractivity (Wildman–Crippen MR) is 83.8 cm³/mol. The lowest BCUT2D eigenvalue weighted by atomic mass is 10.1. The van der Waals surface area contributed by atoms with Gasteiger partial charge in [-0.15, -0.1) is 0 Å². The van der Waals surface area contributed by atoms with Crippen molar-refractivity contribution in [1.29, 1.82) is 0 Å². The number of sulfonamides is 1. The van der Waals surface area contributed by atoms with Gasteiger partial charge in [-0.2, -0.15) is 0 Å². The zero-order chi connectivity index (χ0) is 15.5. The van der Waals surface area contributed by atoms with E-state index >= 15 is 0 Å². The lowest BCUT2D eigenvalue weighted by Gasteiger charge is -2.08. The quantitative estimate of drug-likeness (QED) is 0.649. The minimum Gasteiger partial charge on any atom is -0.294 e. The van der Waals surface area contributed by atoms with E-state index in [1.165, 1.54) is 18.3 Å². The van der Waals surface area contributed by atoms with Crippen molar-refractivity contribution in [3.63, 3.8) is 0 Å². The number of aromatic nitrogens is 1. The van der Waals surface area contributed by atoms with Gasteiger partial charge in [-0.3, -0.25) is 9.52 Å². The number of benzene rings is 1. The monoisotopic (exact) mass is 368 g/mol. The van der Waals surface area contributed by atoms with Gasteiger partial charge in [-0.25, -0.2) is 13.4 Å². The number of carbonyl (C=O) groups excluding carboxylic acids is 1.